The van der Waals surface area contributed by atoms with Crippen LogP contribution in [0.5, 0.6) is 0 Å². The lowest BCUT2D eigenvalue weighted by Crippen LogP contribution is -2.33. The number of nitrogens with zero attached hydrogens (tertiary/aromatic N) is 2. The van der Waals surface area contributed by atoms with Crippen LogP contribution in [-0.4, -0.2) is 34.8 Å². The van der Waals surface area contributed by atoms with Crippen LogP contribution in [-0.2, 0) is 10.5 Å². The summed E-state index contributed by atoms with van der Waals surface area (Å²) in [6.07, 6.45) is 4.83. The van der Waals surface area contributed by atoms with Crippen LogP contribution in [0.4, 0.5) is 0 Å². The van der Waals surface area contributed by atoms with Crippen molar-refractivity contribution in [1.29, 1.82) is 0 Å². The minimum atomic E-state index is 0.277. The molecule has 0 radical (unpaired) electrons. The van der Waals surface area contributed by atoms with Gasteiger partial charge in [-0.3, -0.25) is 4.79 Å². The molecule has 1 fully saturated rings. The van der Waals surface area contributed by atoms with E-state index in [0.29, 0.717) is 5.75 Å². The Bertz CT molecular complexity index is 404. The minimum Gasteiger partial charge on any atom is -0.361 e. The first-order chi connectivity index (χ1) is 9.18. The molecule has 1 aliphatic rings. The van der Waals surface area contributed by atoms with Gasteiger partial charge in [0, 0.05) is 24.4 Å². The summed E-state index contributed by atoms with van der Waals surface area (Å²) < 4.78 is 5.13. The molecular formula is C14H22N2O2S. The molecule has 0 bridgehead atoms. The van der Waals surface area contributed by atoms with Crippen molar-refractivity contribution < 1.29 is 9.32 Å². The molecule has 0 N–H and O–H groups in total. The monoisotopic (exact) mass is 282 g/mol. The highest BCUT2D eigenvalue weighted by molar-refractivity contribution is 7.99. The molecule has 1 saturated heterocycles. The van der Waals surface area contributed by atoms with Crippen LogP contribution in [0.2, 0.25) is 0 Å². The molecule has 1 aromatic rings. The zero-order valence-electron chi connectivity index (χ0n) is 11.8. The Morgan fingerprint density at radius 1 is 1.26 bits per heavy atom. The largest absolute Gasteiger partial charge is 0.361 e. The topological polar surface area (TPSA) is 46.3 Å². The predicted molar refractivity (Wildman–Crippen MR) is 77.2 cm³/mol. The van der Waals surface area contributed by atoms with Gasteiger partial charge in [-0.05, 0) is 26.7 Å². The van der Waals surface area contributed by atoms with E-state index in [1.54, 1.807) is 11.8 Å². The van der Waals surface area contributed by atoms with Crippen molar-refractivity contribution in [2.45, 2.75) is 45.3 Å². The van der Waals surface area contributed by atoms with E-state index in [-0.39, 0.29) is 5.91 Å². The van der Waals surface area contributed by atoms with E-state index >= 15 is 0 Å². The maximum absolute atomic E-state index is 12.1. The fourth-order valence-corrected chi connectivity index (χ4v) is 3.44. The van der Waals surface area contributed by atoms with E-state index in [2.05, 4.69) is 5.16 Å². The number of aromatic nitrogens is 1. The van der Waals surface area contributed by atoms with Crippen molar-refractivity contribution in [1.82, 2.24) is 10.1 Å². The van der Waals surface area contributed by atoms with E-state index < -0.39 is 0 Å². The molecule has 0 spiro atoms. The third kappa shape index (κ3) is 4.00. The van der Waals surface area contributed by atoms with Gasteiger partial charge in [-0.2, -0.15) is 0 Å². The summed E-state index contributed by atoms with van der Waals surface area (Å²) in [6.45, 7) is 5.74. The number of carbonyl (C=O) groups excluding carboxylic acids is 1. The lowest BCUT2D eigenvalue weighted by Gasteiger charge is -2.19. The number of carbonyl (C=O) groups is 1. The maximum Gasteiger partial charge on any atom is 0.232 e. The van der Waals surface area contributed by atoms with Gasteiger partial charge in [0.1, 0.15) is 5.76 Å². The summed E-state index contributed by atoms with van der Waals surface area (Å²) in [5.41, 5.74) is 2.07. The van der Waals surface area contributed by atoms with Gasteiger partial charge in [0.05, 0.1) is 11.4 Å². The van der Waals surface area contributed by atoms with Crippen molar-refractivity contribution in [3.8, 4) is 0 Å². The van der Waals surface area contributed by atoms with Crippen molar-refractivity contribution >= 4 is 17.7 Å². The normalized spacial score (nSPS) is 16.4. The molecule has 0 aliphatic carbocycles. The summed E-state index contributed by atoms with van der Waals surface area (Å²) in [6, 6.07) is 0. The second-order valence-electron chi connectivity index (χ2n) is 5.09. The number of hydrogen-bond acceptors (Lipinski definition) is 4. The van der Waals surface area contributed by atoms with E-state index in [0.717, 1.165) is 48.7 Å². The van der Waals surface area contributed by atoms with Gasteiger partial charge in [-0.25, -0.2) is 0 Å². The third-order valence-electron chi connectivity index (χ3n) is 3.61. The second-order valence-corrected chi connectivity index (χ2v) is 6.08. The Kier molecular flexibility index (Phi) is 5.31. The van der Waals surface area contributed by atoms with Crippen molar-refractivity contribution in [3.05, 3.63) is 17.0 Å². The summed E-state index contributed by atoms with van der Waals surface area (Å²) in [5.74, 6) is 2.51. The Morgan fingerprint density at radius 3 is 2.53 bits per heavy atom. The lowest BCUT2D eigenvalue weighted by atomic mass is 10.2. The molecule has 2 heterocycles. The van der Waals surface area contributed by atoms with Gasteiger partial charge >= 0.3 is 0 Å². The summed E-state index contributed by atoms with van der Waals surface area (Å²) >= 11 is 1.66. The van der Waals surface area contributed by atoms with Crippen molar-refractivity contribution in [2.75, 3.05) is 18.8 Å². The first-order valence-electron chi connectivity index (χ1n) is 6.95. The van der Waals surface area contributed by atoms with E-state index in [1.165, 1.54) is 12.8 Å². The molecule has 4 nitrogen and oxygen atoms in total. The predicted octanol–water partition coefficient (Wildman–Crippen LogP) is 2.93. The summed E-state index contributed by atoms with van der Waals surface area (Å²) in [7, 11) is 0. The highest BCUT2D eigenvalue weighted by Gasteiger charge is 2.16. The van der Waals surface area contributed by atoms with Crippen LogP contribution < -0.4 is 0 Å². The van der Waals surface area contributed by atoms with Gasteiger partial charge in [0.2, 0.25) is 5.91 Å². The molecule has 5 heteroatoms. The smallest absolute Gasteiger partial charge is 0.232 e. The highest BCUT2D eigenvalue weighted by Crippen LogP contribution is 2.20. The van der Waals surface area contributed by atoms with Gasteiger partial charge in [0.25, 0.3) is 0 Å². The van der Waals surface area contributed by atoms with Crippen LogP contribution in [0.3, 0.4) is 0 Å². The molecule has 106 valence electrons. The quantitative estimate of drug-likeness (QED) is 0.852. The fraction of sp³-hybridized carbons (Fsp3) is 0.714. The lowest BCUT2D eigenvalue weighted by molar-refractivity contribution is -0.128. The molecule has 0 atom stereocenters. The molecule has 2 rings (SSSR count). The van der Waals surface area contributed by atoms with Crippen molar-refractivity contribution in [2.24, 2.45) is 0 Å². The standard InChI is InChI=1S/C14H22N2O2S/c1-11-13(12(2)18-15-11)9-19-10-14(17)16-7-5-3-4-6-8-16/h3-10H2,1-2H3. The van der Waals surface area contributed by atoms with Crippen molar-refractivity contribution in [3.63, 3.8) is 0 Å². The van der Waals surface area contributed by atoms with Crippen LogP contribution in [0, 0.1) is 13.8 Å². The number of hydrogen-bond donors (Lipinski definition) is 0. The fourth-order valence-electron chi connectivity index (χ4n) is 2.36. The number of likely N-dealkylation sites (tertiary alicyclic amines) is 1. The molecule has 19 heavy (non-hydrogen) atoms. The number of aryl methyl sites for hydroxylation is 2. The summed E-state index contributed by atoms with van der Waals surface area (Å²) in [5, 5.41) is 3.93. The Morgan fingerprint density at radius 2 is 1.95 bits per heavy atom. The molecule has 1 aliphatic heterocycles. The molecule has 0 saturated carbocycles. The average Bonchev–Trinajstić information content (AvgIpc) is 2.64. The second kappa shape index (κ2) is 6.98. The number of thioether (sulfide) groups is 1. The van der Waals surface area contributed by atoms with E-state index in [4.69, 9.17) is 4.52 Å². The zero-order valence-corrected chi connectivity index (χ0v) is 12.6. The van der Waals surface area contributed by atoms with Gasteiger partial charge < -0.3 is 9.42 Å². The zero-order chi connectivity index (χ0) is 13.7. The average molecular weight is 282 g/mol. The number of amides is 1. The molecule has 0 unspecified atom stereocenters. The first-order valence-corrected chi connectivity index (χ1v) is 8.11. The minimum absolute atomic E-state index is 0.277. The molecule has 1 aromatic heterocycles. The molecule has 0 aromatic carbocycles. The molecule has 1 amide bonds. The number of rotatable bonds is 4. The third-order valence-corrected chi connectivity index (χ3v) is 4.56. The van der Waals surface area contributed by atoms with Gasteiger partial charge in [0.15, 0.2) is 0 Å². The van der Waals surface area contributed by atoms with Crippen LogP contribution in [0.15, 0.2) is 4.52 Å². The van der Waals surface area contributed by atoms with Gasteiger partial charge in [-0.1, -0.05) is 18.0 Å². The maximum atomic E-state index is 12.1. The highest BCUT2D eigenvalue weighted by atomic mass is 32.2. The van der Waals surface area contributed by atoms with Crippen LogP contribution in [0.1, 0.15) is 42.7 Å². The Hall–Kier alpha value is -0.970. The first kappa shape index (κ1) is 14.4. The Balaban J connectivity index is 1.77. The van der Waals surface area contributed by atoms with Gasteiger partial charge in [-0.15, -0.1) is 11.8 Å². The Labute approximate surface area is 118 Å². The van der Waals surface area contributed by atoms with Crippen LogP contribution in [0.25, 0.3) is 0 Å². The van der Waals surface area contributed by atoms with Crippen LogP contribution >= 0.6 is 11.8 Å². The summed E-state index contributed by atoms with van der Waals surface area (Å²) in [4.78, 5) is 14.1. The van der Waals surface area contributed by atoms with E-state index in [1.807, 2.05) is 18.7 Å². The SMILES string of the molecule is Cc1noc(C)c1CSCC(=O)N1CCCCCC1. The molecular weight excluding hydrogens is 260 g/mol. The van der Waals surface area contributed by atoms with E-state index in [9.17, 15) is 4.79 Å².